The van der Waals surface area contributed by atoms with Gasteiger partial charge in [-0.1, -0.05) is 6.07 Å². The molecule has 3 N–H and O–H groups in total. The Morgan fingerprint density at radius 2 is 2.00 bits per heavy atom. The fraction of sp³-hybridized carbons (Fsp3) is 0.0714. The summed E-state index contributed by atoms with van der Waals surface area (Å²) in [4.78, 5) is 26.7. The highest BCUT2D eigenvalue weighted by atomic mass is 19.1. The second-order valence-corrected chi connectivity index (χ2v) is 4.30. The molecule has 0 aliphatic heterocycles. The third-order valence-corrected chi connectivity index (χ3v) is 2.62. The van der Waals surface area contributed by atoms with Crippen LogP contribution in [0.25, 0.3) is 0 Å². The lowest BCUT2D eigenvalue weighted by Crippen LogP contribution is -2.22. The molecule has 6 nitrogen and oxygen atoms in total. The van der Waals surface area contributed by atoms with Gasteiger partial charge in [0.25, 0.3) is 0 Å². The average Bonchev–Trinajstić information content (AvgIpc) is 2.40. The standard InChI is InChI=1S/C14H12FN3O3/c1-8-5-9(7-16-6-8)17-14(21)18-12-10(13(19)20)3-2-4-11(12)15/h2-7H,1H3,(H,19,20)(H2,17,18,21). The molecule has 0 radical (unpaired) electrons. The van der Waals surface area contributed by atoms with E-state index in [-0.39, 0.29) is 11.3 Å². The summed E-state index contributed by atoms with van der Waals surface area (Å²) in [6.07, 6.45) is 3.04. The molecular weight excluding hydrogens is 277 g/mol. The van der Waals surface area contributed by atoms with E-state index in [4.69, 9.17) is 5.11 Å². The molecule has 0 aliphatic carbocycles. The molecule has 0 saturated carbocycles. The minimum Gasteiger partial charge on any atom is -0.478 e. The molecule has 7 heteroatoms. The minimum absolute atomic E-state index is 0.326. The van der Waals surface area contributed by atoms with E-state index in [0.717, 1.165) is 11.6 Å². The SMILES string of the molecule is Cc1cncc(NC(=O)Nc2c(F)cccc2C(=O)O)c1. The summed E-state index contributed by atoms with van der Waals surface area (Å²) in [5.41, 5.74) is 0.543. The maximum absolute atomic E-state index is 13.7. The number of aromatic nitrogens is 1. The molecule has 0 aliphatic rings. The topological polar surface area (TPSA) is 91.3 Å². The second kappa shape index (κ2) is 6.00. The lowest BCUT2D eigenvalue weighted by atomic mass is 10.1. The van der Waals surface area contributed by atoms with Gasteiger partial charge in [0.2, 0.25) is 0 Å². The number of halogens is 1. The highest BCUT2D eigenvalue weighted by Crippen LogP contribution is 2.20. The van der Waals surface area contributed by atoms with Crippen molar-refractivity contribution in [1.82, 2.24) is 4.98 Å². The van der Waals surface area contributed by atoms with E-state index in [1.807, 2.05) is 0 Å². The first-order valence-corrected chi connectivity index (χ1v) is 5.99. The van der Waals surface area contributed by atoms with Crippen LogP contribution in [-0.2, 0) is 0 Å². The van der Waals surface area contributed by atoms with E-state index in [2.05, 4.69) is 15.6 Å². The first kappa shape index (κ1) is 14.4. The number of hydrogen-bond acceptors (Lipinski definition) is 3. The molecule has 108 valence electrons. The number of pyridine rings is 1. The summed E-state index contributed by atoms with van der Waals surface area (Å²) < 4.78 is 13.7. The van der Waals surface area contributed by atoms with Gasteiger partial charge in [-0.2, -0.15) is 0 Å². The van der Waals surface area contributed by atoms with Gasteiger partial charge < -0.3 is 15.7 Å². The molecular formula is C14H12FN3O3. The van der Waals surface area contributed by atoms with Crippen LogP contribution in [-0.4, -0.2) is 22.1 Å². The van der Waals surface area contributed by atoms with E-state index in [9.17, 15) is 14.0 Å². The van der Waals surface area contributed by atoms with Gasteiger partial charge in [0.15, 0.2) is 0 Å². The van der Waals surface area contributed by atoms with Gasteiger partial charge in [0.1, 0.15) is 5.82 Å². The molecule has 1 aromatic heterocycles. The van der Waals surface area contributed by atoms with Gasteiger partial charge in [-0.15, -0.1) is 0 Å². The van der Waals surface area contributed by atoms with Crippen LogP contribution in [0.2, 0.25) is 0 Å². The lowest BCUT2D eigenvalue weighted by Gasteiger charge is -2.10. The van der Waals surface area contributed by atoms with Crippen molar-refractivity contribution in [2.75, 3.05) is 10.6 Å². The summed E-state index contributed by atoms with van der Waals surface area (Å²) in [6, 6.07) is 4.44. The number of nitrogens with one attached hydrogen (secondary N) is 2. The van der Waals surface area contributed by atoms with Crippen molar-refractivity contribution in [2.24, 2.45) is 0 Å². The molecule has 0 spiro atoms. The Kier molecular flexibility index (Phi) is 4.13. The molecule has 0 saturated heterocycles. The van der Waals surface area contributed by atoms with Crippen LogP contribution in [0, 0.1) is 12.7 Å². The number of carboxylic acids is 1. The Morgan fingerprint density at radius 1 is 1.24 bits per heavy atom. The van der Waals surface area contributed by atoms with Gasteiger partial charge in [0.05, 0.1) is 23.1 Å². The average molecular weight is 289 g/mol. The Balaban J connectivity index is 2.18. The van der Waals surface area contributed by atoms with Crippen LogP contribution in [0.15, 0.2) is 36.7 Å². The Bertz CT molecular complexity index is 704. The summed E-state index contributed by atoms with van der Waals surface area (Å²) in [6.45, 7) is 1.80. The number of carbonyl (C=O) groups is 2. The van der Waals surface area contributed by atoms with Gasteiger partial charge in [-0.3, -0.25) is 4.98 Å². The number of carbonyl (C=O) groups excluding carboxylic acids is 1. The zero-order valence-electron chi connectivity index (χ0n) is 11.1. The number of nitrogens with zero attached hydrogens (tertiary/aromatic N) is 1. The van der Waals surface area contributed by atoms with Crippen LogP contribution in [0.4, 0.5) is 20.6 Å². The van der Waals surface area contributed by atoms with Crippen LogP contribution >= 0.6 is 0 Å². The number of amides is 2. The molecule has 0 fully saturated rings. The summed E-state index contributed by atoms with van der Waals surface area (Å²) in [5, 5.41) is 13.6. The first-order chi connectivity index (χ1) is 9.97. The van der Waals surface area contributed by atoms with Crippen LogP contribution in [0.3, 0.4) is 0 Å². The number of carboxylic acid groups (broad SMARTS) is 1. The maximum Gasteiger partial charge on any atom is 0.337 e. The number of rotatable bonds is 3. The third-order valence-electron chi connectivity index (χ3n) is 2.62. The van der Waals surface area contributed by atoms with Crippen molar-refractivity contribution in [3.63, 3.8) is 0 Å². The zero-order valence-corrected chi connectivity index (χ0v) is 11.1. The molecule has 2 aromatic rings. The van der Waals surface area contributed by atoms with Gasteiger partial charge >= 0.3 is 12.0 Å². The minimum atomic E-state index is -1.33. The van der Waals surface area contributed by atoms with E-state index < -0.39 is 17.8 Å². The number of hydrogen-bond donors (Lipinski definition) is 3. The molecule has 1 aromatic carbocycles. The second-order valence-electron chi connectivity index (χ2n) is 4.30. The normalized spacial score (nSPS) is 10.0. The van der Waals surface area contributed by atoms with Crippen LogP contribution < -0.4 is 10.6 Å². The Hall–Kier alpha value is -2.96. The lowest BCUT2D eigenvalue weighted by molar-refractivity contribution is 0.0697. The molecule has 0 atom stereocenters. The summed E-state index contributed by atoms with van der Waals surface area (Å²) in [7, 11) is 0. The van der Waals surface area contributed by atoms with E-state index in [1.54, 1.807) is 19.2 Å². The number of aryl methyl sites for hydroxylation is 1. The van der Waals surface area contributed by atoms with Crippen molar-refractivity contribution < 1.29 is 19.1 Å². The highest BCUT2D eigenvalue weighted by molar-refractivity contribution is 6.04. The predicted octanol–water partition coefficient (Wildman–Crippen LogP) is 2.87. The fourth-order valence-electron chi connectivity index (χ4n) is 1.73. The van der Waals surface area contributed by atoms with Crippen molar-refractivity contribution in [3.05, 3.63) is 53.6 Å². The Labute approximate surface area is 119 Å². The third kappa shape index (κ3) is 3.53. The zero-order chi connectivity index (χ0) is 15.4. The van der Waals surface area contributed by atoms with Crippen LogP contribution in [0.5, 0.6) is 0 Å². The molecule has 2 rings (SSSR count). The quantitative estimate of drug-likeness (QED) is 0.810. The van der Waals surface area contributed by atoms with Crippen LogP contribution in [0.1, 0.15) is 15.9 Å². The number of aromatic carboxylic acids is 1. The van der Waals surface area contributed by atoms with E-state index in [1.165, 1.54) is 18.3 Å². The first-order valence-electron chi connectivity index (χ1n) is 5.99. The van der Waals surface area contributed by atoms with E-state index in [0.29, 0.717) is 5.69 Å². The highest BCUT2D eigenvalue weighted by Gasteiger charge is 2.16. The number of para-hydroxylation sites is 1. The van der Waals surface area contributed by atoms with Gasteiger partial charge in [-0.05, 0) is 30.7 Å². The van der Waals surface area contributed by atoms with E-state index >= 15 is 0 Å². The largest absolute Gasteiger partial charge is 0.478 e. The molecule has 0 unspecified atom stereocenters. The summed E-state index contributed by atoms with van der Waals surface area (Å²) >= 11 is 0. The van der Waals surface area contributed by atoms with Crippen molar-refractivity contribution in [2.45, 2.75) is 6.92 Å². The van der Waals surface area contributed by atoms with Crippen molar-refractivity contribution >= 4 is 23.4 Å². The summed E-state index contributed by atoms with van der Waals surface area (Å²) in [5.74, 6) is -2.16. The number of urea groups is 1. The smallest absolute Gasteiger partial charge is 0.337 e. The predicted molar refractivity (Wildman–Crippen MR) is 75.0 cm³/mol. The van der Waals surface area contributed by atoms with Gasteiger partial charge in [0, 0.05) is 6.20 Å². The fourth-order valence-corrected chi connectivity index (χ4v) is 1.73. The maximum atomic E-state index is 13.7. The molecule has 0 bridgehead atoms. The van der Waals surface area contributed by atoms with Gasteiger partial charge in [-0.25, -0.2) is 14.0 Å². The van der Waals surface area contributed by atoms with Crippen molar-refractivity contribution in [1.29, 1.82) is 0 Å². The van der Waals surface area contributed by atoms with Crippen molar-refractivity contribution in [3.8, 4) is 0 Å². The monoisotopic (exact) mass is 289 g/mol. The number of anilines is 2. The number of benzene rings is 1. The molecule has 21 heavy (non-hydrogen) atoms. The Morgan fingerprint density at radius 3 is 2.67 bits per heavy atom. The molecule has 2 amide bonds. The molecule has 1 heterocycles.